The van der Waals surface area contributed by atoms with Crippen LogP contribution < -0.4 is 10.9 Å². The summed E-state index contributed by atoms with van der Waals surface area (Å²) in [5, 5.41) is 2.90. The fourth-order valence-corrected chi connectivity index (χ4v) is 1.56. The molecule has 3 aromatic rings. The van der Waals surface area contributed by atoms with E-state index in [0.717, 1.165) is 11.0 Å². The first-order valence-corrected chi connectivity index (χ1v) is 5.08. The first-order valence-electron chi connectivity index (χ1n) is 5.08. The highest BCUT2D eigenvalue weighted by atomic mass is 16.1. The van der Waals surface area contributed by atoms with E-state index in [4.69, 9.17) is 0 Å². The van der Waals surface area contributed by atoms with Crippen LogP contribution in [0.4, 0.5) is 11.9 Å². The smallest absolute Gasteiger partial charge is 0.252 e. The topological polar surface area (TPSA) is 86.5 Å². The third-order valence-corrected chi connectivity index (χ3v) is 2.30. The number of nitrogens with zero attached hydrogens (tertiary/aromatic N) is 2. The molecule has 1 aromatic carbocycles. The molecule has 2 aromatic heterocycles. The number of hydrogen-bond donors (Lipinski definition) is 3. The molecule has 0 aliphatic carbocycles. The van der Waals surface area contributed by atoms with Crippen molar-refractivity contribution in [3.63, 3.8) is 0 Å². The number of fused-ring (bicyclic) bond motifs is 1. The summed E-state index contributed by atoms with van der Waals surface area (Å²) in [5.41, 5.74) is 1.57. The van der Waals surface area contributed by atoms with Crippen molar-refractivity contribution < 1.29 is 0 Å². The van der Waals surface area contributed by atoms with Crippen LogP contribution in [0.2, 0.25) is 0 Å². The molecule has 0 aliphatic rings. The van der Waals surface area contributed by atoms with E-state index in [2.05, 4.69) is 25.3 Å². The van der Waals surface area contributed by atoms with Gasteiger partial charge in [0.2, 0.25) is 11.9 Å². The monoisotopic (exact) mass is 227 g/mol. The van der Waals surface area contributed by atoms with E-state index in [1.54, 1.807) is 0 Å². The van der Waals surface area contributed by atoms with Crippen LogP contribution in [0.25, 0.3) is 11.0 Å². The third kappa shape index (κ3) is 1.87. The van der Waals surface area contributed by atoms with Crippen LogP contribution in [0.3, 0.4) is 0 Å². The average molecular weight is 227 g/mol. The van der Waals surface area contributed by atoms with Crippen LogP contribution in [-0.4, -0.2) is 19.9 Å². The number of anilines is 2. The standard InChI is InChI=1S/C11H9N5O/c17-9-5-6-12-10(15-9)16-11-13-7-3-1-2-4-8(7)14-11/h1-6H,(H3,12,13,14,15,16,17). The summed E-state index contributed by atoms with van der Waals surface area (Å²) in [7, 11) is 0. The second-order valence-corrected chi connectivity index (χ2v) is 3.51. The Hall–Kier alpha value is -2.63. The van der Waals surface area contributed by atoms with E-state index < -0.39 is 0 Å². The predicted octanol–water partition coefficient (Wildman–Crippen LogP) is 1.39. The van der Waals surface area contributed by atoms with Gasteiger partial charge in [-0.15, -0.1) is 0 Å². The largest absolute Gasteiger partial charge is 0.324 e. The maximum atomic E-state index is 11.1. The molecule has 6 heteroatoms. The molecule has 0 fully saturated rings. The number of aromatic nitrogens is 4. The van der Waals surface area contributed by atoms with Gasteiger partial charge in [0.25, 0.3) is 5.56 Å². The van der Waals surface area contributed by atoms with Gasteiger partial charge < -0.3 is 4.98 Å². The van der Waals surface area contributed by atoms with Gasteiger partial charge in [0.15, 0.2) is 0 Å². The van der Waals surface area contributed by atoms with Crippen LogP contribution in [-0.2, 0) is 0 Å². The Kier molecular flexibility index (Phi) is 2.11. The highest BCUT2D eigenvalue weighted by Gasteiger charge is 2.02. The minimum Gasteiger partial charge on any atom is -0.324 e. The van der Waals surface area contributed by atoms with E-state index in [0.29, 0.717) is 11.9 Å². The van der Waals surface area contributed by atoms with Crippen molar-refractivity contribution in [1.82, 2.24) is 19.9 Å². The van der Waals surface area contributed by atoms with Gasteiger partial charge >= 0.3 is 0 Å². The molecule has 0 bridgehead atoms. The predicted molar refractivity (Wildman–Crippen MR) is 64.2 cm³/mol. The number of imidazole rings is 1. The van der Waals surface area contributed by atoms with Crippen LogP contribution in [0.1, 0.15) is 0 Å². The minimum atomic E-state index is -0.210. The highest BCUT2D eigenvalue weighted by Crippen LogP contribution is 2.14. The SMILES string of the molecule is O=c1ccnc(Nc2nc3ccccc3[nH]2)[nH]1. The van der Waals surface area contributed by atoms with Crippen LogP contribution in [0, 0.1) is 0 Å². The van der Waals surface area contributed by atoms with E-state index in [9.17, 15) is 4.79 Å². The van der Waals surface area contributed by atoms with E-state index >= 15 is 0 Å². The Bertz CT molecular complexity index is 682. The van der Waals surface area contributed by atoms with Crippen LogP contribution in [0.15, 0.2) is 41.3 Å². The maximum absolute atomic E-state index is 11.1. The van der Waals surface area contributed by atoms with Crippen molar-refractivity contribution in [2.24, 2.45) is 0 Å². The molecule has 6 nitrogen and oxygen atoms in total. The summed E-state index contributed by atoms with van der Waals surface area (Å²) in [6.45, 7) is 0. The molecule has 0 saturated heterocycles. The van der Waals surface area contributed by atoms with E-state index in [1.165, 1.54) is 12.3 Å². The molecule has 3 rings (SSSR count). The van der Waals surface area contributed by atoms with Crippen LogP contribution in [0.5, 0.6) is 0 Å². The Balaban J connectivity index is 1.97. The minimum absolute atomic E-state index is 0.210. The van der Waals surface area contributed by atoms with Crippen molar-refractivity contribution in [3.8, 4) is 0 Å². The van der Waals surface area contributed by atoms with Gasteiger partial charge in [-0.2, -0.15) is 0 Å². The van der Waals surface area contributed by atoms with Crippen molar-refractivity contribution in [1.29, 1.82) is 0 Å². The lowest BCUT2D eigenvalue weighted by molar-refractivity contribution is 1.10. The molecule has 3 N–H and O–H groups in total. The number of rotatable bonds is 2. The summed E-state index contributed by atoms with van der Waals surface area (Å²) in [4.78, 5) is 25.0. The fraction of sp³-hybridized carbons (Fsp3) is 0. The number of aromatic amines is 2. The van der Waals surface area contributed by atoms with Gasteiger partial charge in [0.1, 0.15) is 0 Å². The number of H-pyrrole nitrogens is 2. The Labute approximate surface area is 95.7 Å². The number of nitrogens with one attached hydrogen (secondary N) is 3. The number of benzene rings is 1. The zero-order valence-electron chi connectivity index (χ0n) is 8.77. The summed E-state index contributed by atoms with van der Waals surface area (Å²) in [5.74, 6) is 0.900. The van der Waals surface area contributed by atoms with Crippen LogP contribution >= 0.6 is 0 Å². The molecule has 0 unspecified atom stereocenters. The normalized spacial score (nSPS) is 10.6. The highest BCUT2D eigenvalue weighted by molar-refractivity contribution is 5.77. The first kappa shape index (κ1) is 9.59. The fourth-order valence-electron chi connectivity index (χ4n) is 1.56. The van der Waals surface area contributed by atoms with E-state index in [-0.39, 0.29) is 5.56 Å². The van der Waals surface area contributed by atoms with Gasteiger partial charge in [-0.3, -0.25) is 15.1 Å². The molecular formula is C11H9N5O. The second kappa shape index (κ2) is 3.75. The Morgan fingerprint density at radius 1 is 1.06 bits per heavy atom. The Morgan fingerprint density at radius 2 is 1.94 bits per heavy atom. The molecule has 0 aliphatic heterocycles. The van der Waals surface area contributed by atoms with Gasteiger partial charge in [0.05, 0.1) is 11.0 Å². The lowest BCUT2D eigenvalue weighted by atomic mass is 10.3. The molecule has 0 spiro atoms. The zero-order chi connectivity index (χ0) is 11.7. The lowest BCUT2D eigenvalue weighted by Crippen LogP contribution is -2.08. The summed E-state index contributed by atoms with van der Waals surface area (Å²) in [6, 6.07) is 9.01. The van der Waals surface area contributed by atoms with Gasteiger partial charge in [0, 0.05) is 12.3 Å². The van der Waals surface area contributed by atoms with Crippen molar-refractivity contribution in [2.45, 2.75) is 0 Å². The van der Waals surface area contributed by atoms with Gasteiger partial charge in [-0.25, -0.2) is 9.97 Å². The molecule has 0 saturated carbocycles. The molecular weight excluding hydrogens is 218 g/mol. The maximum Gasteiger partial charge on any atom is 0.252 e. The second-order valence-electron chi connectivity index (χ2n) is 3.51. The molecule has 17 heavy (non-hydrogen) atoms. The quantitative estimate of drug-likeness (QED) is 0.617. The van der Waals surface area contributed by atoms with Gasteiger partial charge in [-0.05, 0) is 12.1 Å². The molecule has 0 amide bonds. The van der Waals surface area contributed by atoms with Gasteiger partial charge in [-0.1, -0.05) is 12.1 Å². The zero-order valence-corrected chi connectivity index (χ0v) is 8.77. The Morgan fingerprint density at radius 3 is 2.76 bits per heavy atom. The van der Waals surface area contributed by atoms with E-state index in [1.807, 2.05) is 24.3 Å². The first-order chi connectivity index (χ1) is 8.31. The summed E-state index contributed by atoms with van der Waals surface area (Å²) in [6.07, 6.45) is 1.43. The van der Waals surface area contributed by atoms with Crippen molar-refractivity contribution >= 4 is 22.9 Å². The van der Waals surface area contributed by atoms with Crippen molar-refractivity contribution in [2.75, 3.05) is 5.32 Å². The molecule has 84 valence electrons. The summed E-state index contributed by atoms with van der Waals surface area (Å²) < 4.78 is 0. The average Bonchev–Trinajstić information content (AvgIpc) is 2.71. The number of para-hydroxylation sites is 2. The van der Waals surface area contributed by atoms with Crippen molar-refractivity contribution in [3.05, 3.63) is 46.9 Å². The number of hydrogen-bond acceptors (Lipinski definition) is 4. The lowest BCUT2D eigenvalue weighted by Gasteiger charge is -1.99. The molecule has 0 atom stereocenters. The third-order valence-electron chi connectivity index (χ3n) is 2.30. The summed E-state index contributed by atoms with van der Waals surface area (Å²) >= 11 is 0. The molecule has 2 heterocycles. The molecule has 0 radical (unpaired) electrons.